The summed E-state index contributed by atoms with van der Waals surface area (Å²) in [7, 11) is 1.72. The molecule has 1 aliphatic rings. The fourth-order valence-electron chi connectivity index (χ4n) is 4.13. The van der Waals surface area contributed by atoms with Gasteiger partial charge >= 0.3 is 0 Å². The van der Waals surface area contributed by atoms with Gasteiger partial charge in [-0.2, -0.15) is 5.26 Å². The first kappa shape index (κ1) is 18.5. The van der Waals surface area contributed by atoms with Crippen LogP contribution >= 0.6 is 0 Å². The Morgan fingerprint density at radius 3 is 2.46 bits per heavy atom. The minimum absolute atomic E-state index is 0.223. The molecule has 26 heavy (non-hydrogen) atoms. The van der Waals surface area contributed by atoms with Crippen LogP contribution in [-0.4, -0.2) is 13.2 Å². The molecular formula is C23H28N2O. The average molecular weight is 348 g/mol. The summed E-state index contributed by atoms with van der Waals surface area (Å²) >= 11 is 0. The van der Waals surface area contributed by atoms with E-state index < -0.39 is 0 Å². The standard InChI is InChI=1S/C23H28N2O/c1-17-9-10-22(26-3)21(15-17)18(2)25-20-11-13-23(16-24,14-12-20)19-7-5-4-6-8-19/h4-10,15,18,20,25H,11-14H2,1-3H3/t18-,20?,23?/m1/s1. The fourth-order valence-corrected chi connectivity index (χ4v) is 4.13. The van der Waals surface area contributed by atoms with Crippen molar-refractivity contribution in [3.63, 3.8) is 0 Å². The number of hydrogen-bond donors (Lipinski definition) is 1. The Morgan fingerprint density at radius 1 is 1.15 bits per heavy atom. The number of nitrogens with one attached hydrogen (secondary N) is 1. The van der Waals surface area contributed by atoms with Gasteiger partial charge < -0.3 is 10.1 Å². The van der Waals surface area contributed by atoms with Crippen LogP contribution in [0.1, 0.15) is 55.3 Å². The number of benzene rings is 2. The molecule has 0 bridgehead atoms. The molecule has 3 nitrogen and oxygen atoms in total. The summed E-state index contributed by atoms with van der Waals surface area (Å²) in [6.07, 6.45) is 3.84. The van der Waals surface area contributed by atoms with E-state index in [4.69, 9.17) is 4.74 Å². The van der Waals surface area contributed by atoms with Crippen LogP contribution in [0.2, 0.25) is 0 Å². The summed E-state index contributed by atoms with van der Waals surface area (Å²) in [6, 6.07) is 19.9. The van der Waals surface area contributed by atoms with Crippen LogP contribution in [-0.2, 0) is 5.41 Å². The molecule has 0 aliphatic heterocycles. The summed E-state index contributed by atoms with van der Waals surface area (Å²) in [5.41, 5.74) is 3.27. The quantitative estimate of drug-likeness (QED) is 0.821. The Labute approximate surface area is 157 Å². The first-order valence-electron chi connectivity index (χ1n) is 9.45. The Hall–Kier alpha value is -2.31. The predicted molar refractivity (Wildman–Crippen MR) is 105 cm³/mol. The van der Waals surface area contributed by atoms with Crippen molar-refractivity contribution in [3.05, 3.63) is 65.2 Å². The number of ether oxygens (including phenoxy) is 1. The molecule has 0 unspecified atom stereocenters. The van der Waals surface area contributed by atoms with E-state index in [1.54, 1.807) is 7.11 Å². The van der Waals surface area contributed by atoms with Crippen LogP contribution in [0.3, 0.4) is 0 Å². The summed E-state index contributed by atoms with van der Waals surface area (Å²) in [5, 5.41) is 13.6. The highest BCUT2D eigenvalue weighted by molar-refractivity contribution is 5.39. The smallest absolute Gasteiger partial charge is 0.123 e. The minimum atomic E-state index is -0.330. The maximum absolute atomic E-state index is 9.85. The molecule has 136 valence electrons. The second-order valence-electron chi connectivity index (χ2n) is 7.47. The minimum Gasteiger partial charge on any atom is -0.496 e. The highest BCUT2D eigenvalue weighted by atomic mass is 16.5. The van der Waals surface area contributed by atoms with Crippen molar-refractivity contribution in [2.45, 2.75) is 57.0 Å². The van der Waals surface area contributed by atoms with Crippen molar-refractivity contribution in [2.24, 2.45) is 0 Å². The predicted octanol–water partition coefficient (Wildman–Crippen LogP) is 5.06. The number of aryl methyl sites for hydroxylation is 1. The Bertz CT molecular complexity index is 771. The van der Waals surface area contributed by atoms with Gasteiger partial charge in [0.15, 0.2) is 0 Å². The molecule has 1 atom stereocenters. The van der Waals surface area contributed by atoms with E-state index in [0.717, 1.165) is 37.0 Å². The van der Waals surface area contributed by atoms with E-state index in [0.29, 0.717) is 6.04 Å². The van der Waals surface area contributed by atoms with E-state index in [1.165, 1.54) is 11.1 Å². The summed E-state index contributed by atoms with van der Waals surface area (Å²) in [5.74, 6) is 0.932. The molecule has 1 fully saturated rings. The lowest BCUT2D eigenvalue weighted by atomic mass is 9.69. The number of nitrogens with zero attached hydrogens (tertiary/aromatic N) is 1. The lowest BCUT2D eigenvalue weighted by Gasteiger charge is -2.37. The number of methoxy groups -OCH3 is 1. The highest BCUT2D eigenvalue weighted by Crippen LogP contribution is 2.39. The van der Waals surface area contributed by atoms with Crippen LogP contribution in [0.5, 0.6) is 5.75 Å². The Kier molecular flexibility index (Phi) is 5.64. The molecule has 0 heterocycles. The lowest BCUT2D eigenvalue weighted by molar-refractivity contribution is 0.279. The molecule has 3 rings (SSSR count). The Morgan fingerprint density at radius 2 is 1.85 bits per heavy atom. The summed E-state index contributed by atoms with van der Waals surface area (Å²) in [4.78, 5) is 0. The maximum atomic E-state index is 9.85. The van der Waals surface area contributed by atoms with Gasteiger partial charge in [-0.05, 0) is 51.2 Å². The summed E-state index contributed by atoms with van der Waals surface area (Å²) in [6.45, 7) is 4.30. The molecular weight excluding hydrogens is 320 g/mol. The largest absolute Gasteiger partial charge is 0.496 e. The van der Waals surface area contributed by atoms with Gasteiger partial charge in [-0.15, -0.1) is 0 Å². The Balaban J connectivity index is 1.67. The third-order valence-corrected chi connectivity index (χ3v) is 5.72. The molecule has 0 saturated heterocycles. The van der Waals surface area contributed by atoms with Crippen LogP contribution in [0.15, 0.2) is 48.5 Å². The first-order valence-corrected chi connectivity index (χ1v) is 9.45. The molecule has 2 aromatic rings. The SMILES string of the molecule is COc1ccc(C)cc1[C@@H](C)NC1CCC(C#N)(c2ccccc2)CC1. The third kappa shape index (κ3) is 3.76. The van der Waals surface area contributed by atoms with Gasteiger partial charge in [0, 0.05) is 17.6 Å². The van der Waals surface area contributed by atoms with Crippen LogP contribution < -0.4 is 10.1 Å². The van der Waals surface area contributed by atoms with Crippen LogP contribution in [0.4, 0.5) is 0 Å². The van der Waals surface area contributed by atoms with E-state index in [-0.39, 0.29) is 11.5 Å². The molecule has 0 amide bonds. The molecule has 1 saturated carbocycles. The van der Waals surface area contributed by atoms with Crippen molar-refractivity contribution in [1.82, 2.24) is 5.32 Å². The zero-order chi connectivity index (χ0) is 18.6. The van der Waals surface area contributed by atoms with Gasteiger partial charge in [-0.25, -0.2) is 0 Å². The van der Waals surface area contributed by atoms with Gasteiger partial charge in [0.1, 0.15) is 5.75 Å². The second kappa shape index (κ2) is 7.93. The van der Waals surface area contributed by atoms with E-state index >= 15 is 0 Å². The number of nitriles is 1. The first-order chi connectivity index (χ1) is 12.6. The van der Waals surface area contributed by atoms with E-state index in [1.807, 2.05) is 24.3 Å². The third-order valence-electron chi connectivity index (χ3n) is 5.72. The highest BCUT2D eigenvalue weighted by Gasteiger charge is 2.37. The van der Waals surface area contributed by atoms with Crippen molar-refractivity contribution in [3.8, 4) is 11.8 Å². The van der Waals surface area contributed by atoms with E-state index in [9.17, 15) is 5.26 Å². The van der Waals surface area contributed by atoms with Gasteiger partial charge in [-0.3, -0.25) is 0 Å². The monoisotopic (exact) mass is 348 g/mol. The lowest BCUT2D eigenvalue weighted by Crippen LogP contribution is -2.40. The van der Waals surface area contributed by atoms with Crippen LogP contribution in [0.25, 0.3) is 0 Å². The molecule has 1 aliphatic carbocycles. The van der Waals surface area contributed by atoms with Gasteiger partial charge in [-0.1, -0.05) is 48.0 Å². The van der Waals surface area contributed by atoms with Crippen molar-refractivity contribution in [2.75, 3.05) is 7.11 Å². The van der Waals surface area contributed by atoms with Gasteiger partial charge in [0.05, 0.1) is 18.6 Å². The zero-order valence-electron chi connectivity index (χ0n) is 16.0. The normalized spacial score (nSPS) is 23.8. The zero-order valence-corrected chi connectivity index (χ0v) is 16.0. The molecule has 1 N–H and O–H groups in total. The summed E-state index contributed by atoms with van der Waals surface area (Å²) < 4.78 is 5.54. The molecule has 2 aromatic carbocycles. The molecule has 0 radical (unpaired) electrons. The average Bonchev–Trinajstić information content (AvgIpc) is 2.69. The van der Waals surface area contributed by atoms with Crippen molar-refractivity contribution in [1.29, 1.82) is 5.26 Å². The van der Waals surface area contributed by atoms with Gasteiger partial charge in [0.25, 0.3) is 0 Å². The topological polar surface area (TPSA) is 45.0 Å². The molecule has 0 aromatic heterocycles. The van der Waals surface area contributed by atoms with E-state index in [2.05, 4.69) is 49.5 Å². The van der Waals surface area contributed by atoms with Crippen molar-refractivity contribution >= 4 is 0 Å². The number of rotatable bonds is 5. The fraction of sp³-hybridized carbons (Fsp3) is 0.435. The van der Waals surface area contributed by atoms with Crippen LogP contribution in [0, 0.1) is 18.3 Å². The maximum Gasteiger partial charge on any atom is 0.123 e. The molecule has 3 heteroatoms. The number of hydrogen-bond acceptors (Lipinski definition) is 3. The molecule has 0 spiro atoms. The second-order valence-corrected chi connectivity index (χ2v) is 7.47. The van der Waals surface area contributed by atoms with Crippen molar-refractivity contribution < 1.29 is 4.74 Å². The van der Waals surface area contributed by atoms with Gasteiger partial charge in [0.2, 0.25) is 0 Å².